The second-order valence-corrected chi connectivity index (χ2v) is 5.54. The monoisotopic (exact) mass is 285 g/mol. The van der Waals surface area contributed by atoms with E-state index < -0.39 is 11.7 Å². The van der Waals surface area contributed by atoms with Crippen molar-refractivity contribution in [3.05, 3.63) is 29.3 Å². The molecule has 0 aliphatic carbocycles. The van der Waals surface area contributed by atoms with Crippen LogP contribution in [0.4, 0.5) is 18.9 Å². The second-order valence-electron chi connectivity index (χ2n) is 5.54. The Morgan fingerprint density at radius 1 is 1.10 bits per heavy atom. The molecule has 5 heteroatoms. The van der Waals surface area contributed by atoms with E-state index in [1.165, 1.54) is 6.07 Å². The average molecular weight is 285 g/mol. The topological polar surface area (TPSA) is 21.3 Å². The van der Waals surface area contributed by atoms with Crippen LogP contribution in [-0.4, -0.2) is 19.8 Å². The molecule has 3 rings (SSSR count). The molecule has 110 valence electrons. The fraction of sp³-hybridized carbons (Fsp3) is 0.600. The van der Waals surface area contributed by atoms with Gasteiger partial charge in [0.15, 0.2) is 0 Å². The summed E-state index contributed by atoms with van der Waals surface area (Å²) in [5.74, 6) is 0.658. The molecule has 0 amide bonds. The van der Waals surface area contributed by atoms with Gasteiger partial charge in [-0.1, -0.05) is 12.1 Å². The van der Waals surface area contributed by atoms with Crippen molar-refractivity contribution in [2.45, 2.75) is 31.4 Å². The third kappa shape index (κ3) is 2.51. The number of hydrogen-bond acceptors (Lipinski definition) is 2. The predicted octanol–water partition coefficient (Wildman–Crippen LogP) is 4.03. The normalized spacial score (nSPS) is 24.1. The Morgan fingerprint density at radius 2 is 1.85 bits per heavy atom. The lowest BCUT2D eigenvalue weighted by molar-refractivity contribution is -0.137. The molecule has 0 bridgehead atoms. The Labute approximate surface area is 116 Å². The van der Waals surface area contributed by atoms with E-state index in [4.69, 9.17) is 4.74 Å². The Bertz CT molecular complexity index is 480. The molecule has 2 aliphatic heterocycles. The first kappa shape index (κ1) is 13.7. The molecule has 1 fully saturated rings. The first-order valence-corrected chi connectivity index (χ1v) is 7.09. The van der Waals surface area contributed by atoms with Crippen LogP contribution in [0.15, 0.2) is 18.2 Å². The molecule has 1 saturated heterocycles. The van der Waals surface area contributed by atoms with Gasteiger partial charge in [0.25, 0.3) is 0 Å². The lowest BCUT2D eigenvalue weighted by Gasteiger charge is -2.36. The smallest absolute Gasteiger partial charge is 0.384 e. The maximum absolute atomic E-state index is 13.1. The van der Waals surface area contributed by atoms with Crippen molar-refractivity contribution in [1.29, 1.82) is 0 Å². The van der Waals surface area contributed by atoms with E-state index in [9.17, 15) is 13.2 Å². The largest absolute Gasteiger partial charge is 0.418 e. The van der Waals surface area contributed by atoms with Crippen LogP contribution in [0.1, 0.15) is 36.3 Å². The van der Waals surface area contributed by atoms with Gasteiger partial charge < -0.3 is 10.1 Å². The number of ether oxygens (including phenoxy) is 1. The van der Waals surface area contributed by atoms with Crippen molar-refractivity contribution >= 4 is 5.69 Å². The number of fused-ring (bicyclic) bond motifs is 1. The zero-order valence-corrected chi connectivity index (χ0v) is 11.2. The van der Waals surface area contributed by atoms with Gasteiger partial charge in [-0.15, -0.1) is 0 Å². The van der Waals surface area contributed by atoms with E-state index >= 15 is 0 Å². The summed E-state index contributed by atoms with van der Waals surface area (Å²) < 4.78 is 44.6. The Hall–Kier alpha value is -1.23. The van der Waals surface area contributed by atoms with Crippen molar-refractivity contribution in [1.82, 2.24) is 0 Å². The first-order chi connectivity index (χ1) is 9.57. The van der Waals surface area contributed by atoms with Crippen molar-refractivity contribution in [2.75, 3.05) is 25.1 Å². The molecule has 1 aromatic carbocycles. The molecular formula is C15H18F3NO. The molecule has 1 aromatic rings. The number of halogens is 3. The molecule has 2 aliphatic rings. The van der Waals surface area contributed by atoms with E-state index in [0.29, 0.717) is 18.2 Å². The molecule has 1 unspecified atom stereocenters. The van der Waals surface area contributed by atoms with E-state index in [1.54, 1.807) is 0 Å². The predicted molar refractivity (Wildman–Crippen MR) is 70.8 cm³/mol. The highest BCUT2D eigenvalue weighted by atomic mass is 19.4. The van der Waals surface area contributed by atoms with Crippen LogP contribution >= 0.6 is 0 Å². The molecule has 1 atom stereocenters. The Balaban J connectivity index is 1.96. The number of anilines is 1. The molecule has 2 heterocycles. The number of rotatable bonds is 1. The summed E-state index contributed by atoms with van der Waals surface area (Å²) in [7, 11) is 0. The summed E-state index contributed by atoms with van der Waals surface area (Å²) in [6.45, 7) is 2.06. The van der Waals surface area contributed by atoms with Gasteiger partial charge in [-0.05, 0) is 42.7 Å². The zero-order valence-electron chi connectivity index (χ0n) is 11.2. The van der Waals surface area contributed by atoms with Gasteiger partial charge in [-0.3, -0.25) is 0 Å². The van der Waals surface area contributed by atoms with Crippen LogP contribution in [0.2, 0.25) is 0 Å². The van der Waals surface area contributed by atoms with Crippen LogP contribution in [0.5, 0.6) is 0 Å². The first-order valence-electron chi connectivity index (χ1n) is 7.09. The van der Waals surface area contributed by atoms with Crippen molar-refractivity contribution in [2.24, 2.45) is 5.92 Å². The highest BCUT2D eigenvalue weighted by molar-refractivity contribution is 5.61. The summed E-state index contributed by atoms with van der Waals surface area (Å²) in [6, 6.07) is 4.54. The number of hydrogen-bond donors (Lipinski definition) is 1. The molecular weight excluding hydrogens is 267 g/mol. The number of benzene rings is 1. The summed E-state index contributed by atoms with van der Waals surface area (Å²) in [4.78, 5) is 0. The van der Waals surface area contributed by atoms with Gasteiger partial charge in [0.2, 0.25) is 0 Å². The summed E-state index contributed by atoms with van der Waals surface area (Å²) >= 11 is 0. The highest BCUT2D eigenvalue weighted by Gasteiger charge is 2.38. The SMILES string of the molecule is FC(F)(F)c1cccc2c1NCCC2C1CCOCC1. The van der Waals surface area contributed by atoms with Crippen LogP contribution < -0.4 is 5.32 Å². The third-order valence-electron chi connectivity index (χ3n) is 4.39. The Kier molecular flexibility index (Phi) is 3.63. The lowest BCUT2D eigenvalue weighted by Crippen LogP contribution is -2.28. The van der Waals surface area contributed by atoms with Gasteiger partial charge in [0.05, 0.1) is 5.56 Å². The molecule has 20 heavy (non-hydrogen) atoms. The van der Waals surface area contributed by atoms with Crippen molar-refractivity contribution in [3.63, 3.8) is 0 Å². The maximum Gasteiger partial charge on any atom is 0.418 e. The standard InChI is InChI=1S/C15H18F3NO/c16-15(17,18)13-3-1-2-12-11(4-7-19-14(12)13)10-5-8-20-9-6-10/h1-3,10-11,19H,4-9H2. The molecule has 0 spiro atoms. The fourth-order valence-electron chi connectivity index (χ4n) is 3.43. The summed E-state index contributed by atoms with van der Waals surface area (Å²) in [6.07, 6.45) is -1.50. The molecule has 0 radical (unpaired) electrons. The minimum atomic E-state index is -4.30. The number of para-hydroxylation sites is 1. The van der Waals surface area contributed by atoms with Crippen molar-refractivity contribution in [3.8, 4) is 0 Å². The number of nitrogens with one attached hydrogen (secondary N) is 1. The van der Waals surface area contributed by atoms with Gasteiger partial charge in [-0.2, -0.15) is 13.2 Å². The molecule has 1 N–H and O–H groups in total. The Morgan fingerprint density at radius 3 is 2.55 bits per heavy atom. The van der Waals surface area contributed by atoms with Crippen LogP contribution in [0.3, 0.4) is 0 Å². The average Bonchev–Trinajstić information content (AvgIpc) is 2.46. The summed E-state index contributed by atoms with van der Waals surface area (Å²) in [5.41, 5.74) is 0.590. The summed E-state index contributed by atoms with van der Waals surface area (Å²) in [5, 5.41) is 2.96. The number of alkyl halides is 3. The van der Waals surface area contributed by atoms with Gasteiger partial charge in [0, 0.05) is 25.4 Å². The van der Waals surface area contributed by atoms with Crippen LogP contribution in [0.25, 0.3) is 0 Å². The fourth-order valence-corrected chi connectivity index (χ4v) is 3.43. The van der Waals surface area contributed by atoms with Crippen LogP contribution in [0, 0.1) is 5.92 Å². The molecule has 2 nitrogen and oxygen atoms in total. The highest BCUT2D eigenvalue weighted by Crippen LogP contribution is 2.45. The molecule has 0 aromatic heterocycles. The minimum absolute atomic E-state index is 0.220. The van der Waals surface area contributed by atoms with Gasteiger partial charge >= 0.3 is 6.18 Å². The molecule has 0 saturated carbocycles. The van der Waals surface area contributed by atoms with E-state index in [-0.39, 0.29) is 5.92 Å². The second kappa shape index (κ2) is 5.28. The zero-order chi connectivity index (χ0) is 14.2. The third-order valence-corrected chi connectivity index (χ3v) is 4.39. The van der Waals surface area contributed by atoms with E-state index in [1.807, 2.05) is 6.07 Å². The van der Waals surface area contributed by atoms with Gasteiger partial charge in [0.1, 0.15) is 0 Å². The minimum Gasteiger partial charge on any atom is -0.384 e. The van der Waals surface area contributed by atoms with Crippen molar-refractivity contribution < 1.29 is 17.9 Å². The maximum atomic E-state index is 13.1. The van der Waals surface area contributed by atoms with E-state index in [0.717, 1.165) is 44.1 Å². The van der Waals surface area contributed by atoms with E-state index in [2.05, 4.69) is 5.32 Å². The van der Waals surface area contributed by atoms with Gasteiger partial charge in [-0.25, -0.2) is 0 Å². The quantitative estimate of drug-likeness (QED) is 0.841. The lowest BCUT2D eigenvalue weighted by atomic mass is 9.76. The van der Waals surface area contributed by atoms with Crippen LogP contribution in [-0.2, 0) is 10.9 Å².